The maximum atomic E-state index is 12.4. The molecule has 1 rings (SSSR count). The van der Waals surface area contributed by atoms with Gasteiger partial charge >= 0.3 is 12.0 Å². The highest BCUT2D eigenvalue weighted by molar-refractivity contribution is 7.12. The van der Waals surface area contributed by atoms with Crippen LogP contribution in [0, 0.1) is 0 Å². The van der Waals surface area contributed by atoms with Crippen LogP contribution < -0.4 is 5.32 Å². The van der Waals surface area contributed by atoms with Crippen molar-refractivity contribution in [3.8, 4) is 0 Å². The first kappa shape index (κ1) is 18.6. The Morgan fingerprint density at radius 2 is 2.09 bits per heavy atom. The molecule has 0 saturated carbocycles. The number of carbonyl (C=O) groups is 1. The van der Waals surface area contributed by atoms with Crippen molar-refractivity contribution in [3.05, 3.63) is 22.2 Å². The molecule has 124 valence electrons. The summed E-state index contributed by atoms with van der Waals surface area (Å²) < 4.78 is 37.3. The first-order valence-corrected chi connectivity index (χ1v) is 7.43. The first-order valence-electron chi connectivity index (χ1n) is 6.62. The van der Waals surface area contributed by atoms with E-state index in [1.807, 2.05) is 6.92 Å². The third kappa shape index (κ3) is 5.08. The number of carbonyl (C=O) groups excluding carboxylic acids is 1. The smallest absolute Gasteiger partial charge is 0.353 e. The van der Waals surface area contributed by atoms with E-state index >= 15 is 0 Å². The van der Waals surface area contributed by atoms with E-state index in [1.54, 1.807) is 0 Å². The first-order chi connectivity index (χ1) is 10.2. The van der Waals surface area contributed by atoms with Gasteiger partial charge in [0.05, 0.1) is 0 Å². The number of unbranched alkanes of at least 4 members (excludes halogenated alkanes) is 2. The Bertz CT molecular complexity index is 527. The highest BCUT2D eigenvalue weighted by Crippen LogP contribution is 2.38. The molecule has 0 aliphatic carbocycles. The molecule has 0 radical (unpaired) electrons. The maximum Gasteiger partial charge on any atom is 0.450 e. The maximum absolute atomic E-state index is 12.4. The fourth-order valence-electron chi connectivity index (χ4n) is 1.45. The zero-order valence-corrected chi connectivity index (χ0v) is 12.7. The summed E-state index contributed by atoms with van der Waals surface area (Å²) in [5.41, 5.74) is 0. The van der Waals surface area contributed by atoms with E-state index in [-0.39, 0.29) is 10.8 Å². The zero-order chi connectivity index (χ0) is 16.8. The van der Waals surface area contributed by atoms with Crippen molar-refractivity contribution in [3.63, 3.8) is 0 Å². The van der Waals surface area contributed by atoms with Gasteiger partial charge in [0.25, 0.3) is 0 Å². The van der Waals surface area contributed by atoms with Crippen molar-refractivity contribution in [1.29, 1.82) is 0 Å². The van der Waals surface area contributed by atoms with Gasteiger partial charge in [0.1, 0.15) is 0 Å². The molecule has 0 fully saturated rings. The molecule has 1 aromatic rings. The number of alkyl halides is 3. The SMILES string of the molecule is CCCCCNC(=O)/C=C/c1cnc(C(O)(O)C(F)(F)F)s1. The average Bonchev–Trinajstić information content (AvgIpc) is 2.89. The molecule has 22 heavy (non-hydrogen) atoms. The fraction of sp³-hybridized carbons (Fsp3) is 0.538. The van der Waals surface area contributed by atoms with Gasteiger partial charge in [-0.25, -0.2) is 4.98 Å². The Morgan fingerprint density at radius 3 is 2.68 bits per heavy atom. The van der Waals surface area contributed by atoms with Crippen LogP contribution in [0.25, 0.3) is 6.08 Å². The lowest BCUT2D eigenvalue weighted by molar-refractivity contribution is -0.358. The lowest BCUT2D eigenvalue weighted by Gasteiger charge is -2.21. The third-order valence-corrected chi connectivity index (χ3v) is 3.76. The minimum Gasteiger partial charge on any atom is -0.353 e. The molecule has 0 atom stereocenters. The Balaban J connectivity index is 2.62. The summed E-state index contributed by atoms with van der Waals surface area (Å²) in [5, 5.41) is 19.8. The number of nitrogens with one attached hydrogen (secondary N) is 1. The van der Waals surface area contributed by atoms with Gasteiger partial charge in [0, 0.05) is 23.7 Å². The molecule has 3 N–H and O–H groups in total. The van der Waals surface area contributed by atoms with Crippen molar-refractivity contribution in [1.82, 2.24) is 10.3 Å². The quantitative estimate of drug-likeness (QED) is 0.404. The molecule has 0 bridgehead atoms. The number of thiazole rings is 1. The number of halogens is 3. The van der Waals surface area contributed by atoms with Crippen molar-refractivity contribution in [2.45, 2.75) is 38.1 Å². The highest BCUT2D eigenvalue weighted by Gasteiger charge is 2.56. The van der Waals surface area contributed by atoms with Gasteiger partial charge in [-0.3, -0.25) is 4.79 Å². The number of amides is 1. The Hall–Kier alpha value is -1.45. The minimum atomic E-state index is -5.25. The van der Waals surface area contributed by atoms with Crippen molar-refractivity contribution in [2.75, 3.05) is 6.54 Å². The van der Waals surface area contributed by atoms with Crippen molar-refractivity contribution >= 4 is 23.3 Å². The molecule has 0 aliphatic heterocycles. The molecule has 9 heteroatoms. The molecular weight excluding hydrogens is 321 g/mol. The number of rotatable bonds is 7. The summed E-state index contributed by atoms with van der Waals surface area (Å²) in [6, 6.07) is 0. The van der Waals surface area contributed by atoms with Crippen LogP contribution in [0.5, 0.6) is 0 Å². The largest absolute Gasteiger partial charge is 0.450 e. The van der Waals surface area contributed by atoms with Crippen LogP contribution in [0.4, 0.5) is 13.2 Å². The van der Waals surface area contributed by atoms with Gasteiger partial charge < -0.3 is 15.5 Å². The predicted octanol–water partition coefficient (Wildman–Crippen LogP) is 2.16. The summed E-state index contributed by atoms with van der Waals surface area (Å²) in [4.78, 5) is 15.0. The molecule has 0 aromatic carbocycles. The standard InChI is InChI=1S/C13H17F3N2O3S/c1-2-3-4-7-17-10(19)6-5-9-8-18-11(22-9)12(20,21)13(14,15)16/h5-6,8,20-21H,2-4,7H2,1H3,(H,17,19)/b6-5+. The molecule has 1 aromatic heterocycles. The van der Waals surface area contributed by atoms with Gasteiger partial charge in [-0.1, -0.05) is 19.8 Å². The van der Waals surface area contributed by atoms with Gasteiger partial charge in [-0.15, -0.1) is 11.3 Å². The van der Waals surface area contributed by atoms with Crippen molar-refractivity contribution < 1.29 is 28.2 Å². The number of hydrogen-bond donors (Lipinski definition) is 3. The van der Waals surface area contributed by atoms with Gasteiger partial charge in [-0.05, 0) is 12.5 Å². The predicted molar refractivity (Wildman–Crippen MR) is 75.9 cm³/mol. The molecule has 5 nitrogen and oxygen atoms in total. The average molecular weight is 338 g/mol. The summed E-state index contributed by atoms with van der Waals surface area (Å²) in [6.45, 7) is 2.56. The van der Waals surface area contributed by atoms with E-state index < -0.39 is 17.0 Å². The second-order valence-corrected chi connectivity index (χ2v) is 5.63. The molecule has 0 saturated heterocycles. The van der Waals surface area contributed by atoms with Crippen LogP contribution in [0.15, 0.2) is 12.3 Å². The summed E-state index contributed by atoms with van der Waals surface area (Å²) in [5.74, 6) is -4.37. The Labute approximate surface area is 129 Å². The molecule has 1 heterocycles. The molecular formula is C13H17F3N2O3S. The van der Waals surface area contributed by atoms with Gasteiger partial charge in [0.15, 0.2) is 5.01 Å². The Kier molecular flexibility index (Phi) is 6.51. The molecule has 1 amide bonds. The minimum absolute atomic E-state index is 0.204. The monoisotopic (exact) mass is 338 g/mol. The van der Waals surface area contributed by atoms with Gasteiger partial charge in [0.2, 0.25) is 5.91 Å². The lowest BCUT2D eigenvalue weighted by atomic mass is 10.2. The summed E-state index contributed by atoms with van der Waals surface area (Å²) >= 11 is 0.443. The Morgan fingerprint density at radius 1 is 1.41 bits per heavy atom. The van der Waals surface area contributed by atoms with Crippen LogP contribution in [-0.4, -0.2) is 33.8 Å². The highest BCUT2D eigenvalue weighted by atomic mass is 32.1. The van der Waals surface area contributed by atoms with E-state index in [4.69, 9.17) is 10.2 Å². The fourth-order valence-corrected chi connectivity index (χ4v) is 2.28. The second kappa shape index (κ2) is 7.70. The van der Waals surface area contributed by atoms with E-state index in [0.29, 0.717) is 17.9 Å². The van der Waals surface area contributed by atoms with Gasteiger partial charge in [-0.2, -0.15) is 13.2 Å². The van der Waals surface area contributed by atoms with Crippen molar-refractivity contribution in [2.24, 2.45) is 0 Å². The lowest BCUT2D eigenvalue weighted by Crippen LogP contribution is -2.41. The number of aliphatic hydroxyl groups is 2. The van der Waals surface area contributed by atoms with E-state index in [0.717, 1.165) is 31.5 Å². The summed E-state index contributed by atoms with van der Waals surface area (Å²) in [7, 11) is 0. The zero-order valence-electron chi connectivity index (χ0n) is 11.9. The van der Waals surface area contributed by atoms with Crippen LogP contribution in [0.2, 0.25) is 0 Å². The normalized spacial score (nSPS) is 12.8. The van der Waals surface area contributed by atoms with Crippen LogP contribution in [0.3, 0.4) is 0 Å². The van der Waals surface area contributed by atoms with E-state index in [9.17, 15) is 18.0 Å². The summed E-state index contributed by atoms with van der Waals surface area (Å²) in [6.07, 6.45) is 1.09. The topological polar surface area (TPSA) is 82.5 Å². The van der Waals surface area contributed by atoms with Crippen LogP contribution in [-0.2, 0) is 10.6 Å². The van der Waals surface area contributed by atoms with E-state index in [2.05, 4.69) is 10.3 Å². The van der Waals surface area contributed by atoms with E-state index in [1.165, 1.54) is 6.08 Å². The number of hydrogen-bond acceptors (Lipinski definition) is 5. The molecule has 0 aliphatic rings. The van der Waals surface area contributed by atoms with Crippen LogP contribution >= 0.6 is 11.3 Å². The molecule has 0 spiro atoms. The second-order valence-electron chi connectivity index (χ2n) is 4.57. The number of nitrogens with zero attached hydrogens (tertiary/aromatic N) is 1. The third-order valence-electron chi connectivity index (χ3n) is 2.70. The number of aromatic nitrogens is 1. The molecule has 0 unspecified atom stereocenters. The van der Waals surface area contributed by atoms with Crippen LogP contribution in [0.1, 0.15) is 36.1 Å².